The normalized spacial score (nSPS) is 12.1. The predicted octanol–water partition coefficient (Wildman–Crippen LogP) is 1.32. The van der Waals surface area contributed by atoms with Gasteiger partial charge in [-0.2, -0.15) is 0 Å². The number of hydrogen-bond acceptors (Lipinski definition) is 4. The summed E-state index contributed by atoms with van der Waals surface area (Å²) < 4.78 is 55.0. The zero-order valence-electron chi connectivity index (χ0n) is 12.0. The number of halogens is 2. The number of aryl methyl sites for hydroxylation is 2. The fraction of sp³-hybridized carbons (Fsp3) is 0.538. The van der Waals surface area contributed by atoms with E-state index in [1.54, 1.807) is 13.0 Å². The van der Waals surface area contributed by atoms with E-state index in [4.69, 9.17) is 5.73 Å². The highest BCUT2D eigenvalue weighted by Gasteiger charge is 2.18. The quantitative estimate of drug-likeness (QED) is 0.707. The first-order valence-corrected chi connectivity index (χ1v) is 7.92. The van der Waals surface area contributed by atoms with Crippen LogP contribution < -0.4 is 10.5 Å². The van der Waals surface area contributed by atoms with Crippen LogP contribution in [0.1, 0.15) is 16.7 Å². The third-order valence-electron chi connectivity index (χ3n) is 2.93. The van der Waals surface area contributed by atoms with Gasteiger partial charge in [0, 0.05) is 13.1 Å². The molecule has 0 unspecified atom stereocenters. The minimum atomic E-state index is -3.71. The lowest BCUT2D eigenvalue weighted by Crippen LogP contribution is -2.28. The number of rotatable bonds is 8. The first kappa shape index (κ1) is 18.0. The Hall–Kier alpha value is -1.09. The number of benzene rings is 1. The summed E-state index contributed by atoms with van der Waals surface area (Å²) in [5.41, 5.74) is 7.85. The summed E-state index contributed by atoms with van der Waals surface area (Å²) in [7, 11) is -3.71. The lowest BCUT2D eigenvalue weighted by Gasteiger charge is -2.13. The zero-order chi connectivity index (χ0) is 16.0. The van der Waals surface area contributed by atoms with Gasteiger partial charge in [0.1, 0.15) is 6.61 Å². The number of nitrogens with one attached hydrogen (secondary N) is 1. The molecular formula is C13H20F2N2O3S. The lowest BCUT2D eigenvalue weighted by molar-refractivity contribution is 0.0199. The summed E-state index contributed by atoms with van der Waals surface area (Å²) in [6.07, 6.45) is -2.56. The Kier molecular flexibility index (Phi) is 6.66. The van der Waals surface area contributed by atoms with E-state index in [9.17, 15) is 17.2 Å². The largest absolute Gasteiger partial charge is 0.374 e. The Bertz CT molecular complexity index is 577. The van der Waals surface area contributed by atoms with Crippen molar-refractivity contribution in [1.82, 2.24) is 4.72 Å². The first-order chi connectivity index (χ1) is 9.77. The van der Waals surface area contributed by atoms with Crippen LogP contribution in [0.25, 0.3) is 0 Å². The van der Waals surface area contributed by atoms with Crippen LogP contribution >= 0.6 is 0 Å². The third kappa shape index (κ3) is 5.31. The van der Waals surface area contributed by atoms with Gasteiger partial charge in [-0.3, -0.25) is 0 Å². The van der Waals surface area contributed by atoms with Crippen molar-refractivity contribution in [2.75, 3.05) is 19.8 Å². The van der Waals surface area contributed by atoms with Crippen LogP contribution in [0.15, 0.2) is 17.0 Å². The molecule has 8 heteroatoms. The Morgan fingerprint density at radius 2 is 1.95 bits per heavy atom. The summed E-state index contributed by atoms with van der Waals surface area (Å²) >= 11 is 0. The number of alkyl halides is 2. The van der Waals surface area contributed by atoms with E-state index in [1.807, 2.05) is 6.92 Å². The minimum Gasteiger partial charge on any atom is -0.374 e. The number of nitrogens with two attached hydrogens (primary N) is 1. The highest BCUT2D eigenvalue weighted by molar-refractivity contribution is 7.89. The van der Waals surface area contributed by atoms with E-state index in [0.717, 1.165) is 11.1 Å². The average Bonchev–Trinajstić information content (AvgIpc) is 2.37. The van der Waals surface area contributed by atoms with Crippen molar-refractivity contribution in [3.63, 3.8) is 0 Å². The van der Waals surface area contributed by atoms with Crippen molar-refractivity contribution in [1.29, 1.82) is 0 Å². The molecule has 0 saturated heterocycles. The summed E-state index contributed by atoms with van der Waals surface area (Å²) in [5.74, 6) is 0. The Morgan fingerprint density at radius 3 is 2.52 bits per heavy atom. The molecule has 1 aromatic rings. The number of ether oxygens (including phenoxy) is 1. The van der Waals surface area contributed by atoms with E-state index in [1.165, 1.54) is 6.07 Å². The number of sulfonamides is 1. The minimum absolute atomic E-state index is 0.0691. The zero-order valence-corrected chi connectivity index (χ0v) is 12.8. The van der Waals surface area contributed by atoms with E-state index < -0.39 is 23.1 Å². The maximum Gasteiger partial charge on any atom is 0.261 e. The Balaban J connectivity index is 2.74. The van der Waals surface area contributed by atoms with Crippen LogP contribution in [-0.4, -0.2) is 34.6 Å². The van der Waals surface area contributed by atoms with Crippen LogP contribution in [-0.2, 0) is 21.3 Å². The summed E-state index contributed by atoms with van der Waals surface area (Å²) in [6, 6.07) is 3.29. The van der Waals surface area contributed by atoms with Gasteiger partial charge >= 0.3 is 0 Å². The average molecular weight is 322 g/mol. The molecule has 0 fully saturated rings. The van der Waals surface area contributed by atoms with E-state index in [0.29, 0.717) is 5.56 Å². The molecule has 0 atom stereocenters. The second kappa shape index (κ2) is 7.79. The van der Waals surface area contributed by atoms with Gasteiger partial charge in [0.2, 0.25) is 10.0 Å². The predicted molar refractivity (Wildman–Crippen MR) is 75.8 cm³/mol. The maximum atomic E-state index is 12.2. The molecule has 0 amide bonds. The van der Waals surface area contributed by atoms with E-state index in [-0.39, 0.29) is 24.6 Å². The van der Waals surface area contributed by atoms with Crippen molar-refractivity contribution < 1.29 is 21.9 Å². The van der Waals surface area contributed by atoms with Crippen LogP contribution in [0.2, 0.25) is 0 Å². The van der Waals surface area contributed by atoms with Crippen molar-refractivity contribution >= 4 is 10.0 Å². The van der Waals surface area contributed by atoms with Gasteiger partial charge in [-0.05, 0) is 36.6 Å². The molecule has 1 rings (SSSR count). The van der Waals surface area contributed by atoms with Gasteiger partial charge in [0.25, 0.3) is 6.43 Å². The van der Waals surface area contributed by atoms with Gasteiger partial charge < -0.3 is 10.5 Å². The highest BCUT2D eigenvalue weighted by Crippen LogP contribution is 2.20. The van der Waals surface area contributed by atoms with Crippen molar-refractivity contribution in [3.8, 4) is 0 Å². The Morgan fingerprint density at radius 1 is 1.29 bits per heavy atom. The smallest absolute Gasteiger partial charge is 0.261 e. The fourth-order valence-electron chi connectivity index (χ4n) is 1.88. The van der Waals surface area contributed by atoms with Crippen molar-refractivity contribution in [2.45, 2.75) is 31.7 Å². The second-order valence-electron chi connectivity index (χ2n) is 4.61. The highest BCUT2D eigenvalue weighted by atomic mass is 32.2. The third-order valence-corrected chi connectivity index (χ3v) is 4.53. The van der Waals surface area contributed by atoms with Crippen molar-refractivity contribution in [2.24, 2.45) is 5.73 Å². The second-order valence-corrected chi connectivity index (χ2v) is 6.35. The molecule has 0 bridgehead atoms. The summed E-state index contributed by atoms with van der Waals surface area (Å²) in [4.78, 5) is 0.141. The van der Waals surface area contributed by atoms with Crippen LogP contribution in [0.5, 0.6) is 0 Å². The van der Waals surface area contributed by atoms with E-state index >= 15 is 0 Å². The molecule has 3 N–H and O–H groups in total. The summed E-state index contributed by atoms with van der Waals surface area (Å²) in [5, 5.41) is 0. The molecule has 5 nitrogen and oxygen atoms in total. The molecule has 0 spiro atoms. The molecule has 21 heavy (non-hydrogen) atoms. The molecule has 0 radical (unpaired) electrons. The fourth-order valence-corrected chi connectivity index (χ4v) is 3.17. The maximum absolute atomic E-state index is 12.2. The van der Waals surface area contributed by atoms with Crippen LogP contribution in [0, 0.1) is 13.8 Å². The van der Waals surface area contributed by atoms with Gasteiger partial charge in [0.15, 0.2) is 0 Å². The molecule has 0 aliphatic carbocycles. The molecule has 120 valence electrons. The van der Waals surface area contributed by atoms with Crippen molar-refractivity contribution in [3.05, 3.63) is 28.8 Å². The lowest BCUT2D eigenvalue weighted by atomic mass is 10.1. The molecule has 0 aliphatic rings. The molecular weight excluding hydrogens is 302 g/mol. The van der Waals surface area contributed by atoms with E-state index in [2.05, 4.69) is 9.46 Å². The molecule has 0 aromatic heterocycles. The van der Waals surface area contributed by atoms with Gasteiger partial charge in [-0.25, -0.2) is 21.9 Å². The van der Waals surface area contributed by atoms with Gasteiger partial charge in [-0.1, -0.05) is 6.07 Å². The SMILES string of the molecule is Cc1cc(C)c(S(=O)(=O)NCCOCC(F)F)cc1CN. The molecule has 0 heterocycles. The Labute approximate surface area is 123 Å². The number of hydrogen-bond donors (Lipinski definition) is 2. The summed E-state index contributed by atoms with van der Waals surface area (Å²) in [6.45, 7) is 2.90. The molecule has 0 aliphatic heterocycles. The molecule has 1 aromatic carbocycles. The van der Waals surface area contributed by atoms with Gasteiger partial charge in [-0.15, -0.1) is 0 Å². The molecule has 0 saturated carbocycles. The topological polar surface area (TPSA) is 81.4 Å². The van der Waals surface area contributed by atoms with Gasteiger partial charge in [0.05, 0.1) is 11.5 Å². The first-order valence-electron chi connectivity index (χ1n) is 6.43. The van der Waals surface area contributed by atoms with Crippen LogP contribution in [0.4, 0.5) is 8.78 Å². The van der Waals surface area contributed by atoms with Crippen LogP contribution in [0.3, 0.4) is 0 Å². The monoisotopic (exact) mass is 322 g/mol. The standard InChI is InChI=1S/C13H20F2N2O3S/c1-9-5-10(2)12(6-11(9)7-16)21(18,19)17-3-4-20-8-13(14)15/h5-6,13,17H,3-4,7-8,16H2,1-2H3.